The summed E-state index contributed by atoms with van der Waals surface area (Å²) in [6.07, 6.45) is -1.47. The number of aliphatic hydroxyl groups is 2. The number of benzene rings is 1. The highest BCUT2D eigenvalue weighted by Gasteiger charge is 2.22. The number of aliphatic hydroxyl groups excluding tert-OH is 2. The van der Waals surface area contributed by atoms with Gasteiger partial charge in [-0.15, -0.1) is 34.0 Å². The molecule has 2 unspecified atom stereocenters. The number of thiophene rings is 3. The van der Waals surface area contributed by atoms with Crippen LogP contribution in [0.4, 0.5) is 0 Å². The van der Waals surface area contributed by atoms with Gasteiger partial charge in [0.15, 0.2) is 0 Å². The van der Waals surface area contributed by atoms with Crippen LogP contribution in [0, 0.1) is 0 Å². The summed E-state index contributed by atoms with van der Waals surface area (Å²) >= 11 is 4.80. The zero-order chi connectivity index (χ0) is 17.2. The van der Waals surface area contributed by atoms with Gasteiger partial charge >= 0.3 is 0 Å². The van der Waals surface area contributed by atoms with Crippen molar-refractivity contribution in [3.05, 3.63) is 92.3 Å². The van der Waals surface area contributed by atoms with Crippen LogP contribution in [-0.4, -0.2) is 10.2 Å². The first-order valence-corrected chi connectivity index (χ1v) is 10.4. The first-order chi connectivity index (χ1) is 12.2. The lowest BCUT2D eigenvalue weighted by Gasteiger charge is -2.18. The molecule has 4 rings (SSSR count). The topological polar surface area (TPSA) is 40.5 Å². The minimum Gasteiger partial charge on any atom is -0.383 e. The highest BCUT2D eigenvalue weighted by Crippen LogP contribution is 2.38. The average molecular weight is 385 g/mol. The summed E-state index contributed by atoms with van der Waals surface area (Å²) in [6.45, 7) is 0. The van der Waals surface area contributed by atoms with Gasteiger partial charge in [0.25, 0.3) is 0 Å². The molecule has 0 spiro atoms. The van der Waals surface area contributed by atoms with Gasteiger partial charge < -0.3 is 10.2 Å². The third kappa shape index (κ3) is 3.34. The maximum Gasteiger partial charge on any atom is 0.114 e. The second-order valence-electron chi connectivity index (χ2n) is 5.63. The Hall–Kier alpha value is -1.76. The first-order valence-electron chi connectivity index (χ1n) is 7.86. The summed E-state index contributed by atoms with van der Waals surface area (Å²) in [5, 5.41) is 25.7. The fourth-order valence-electron chi connectivity index (χ4n) is 2.81. The van der Waals surface area contributed by atoms with Gasteiger partial charge in [-0.25, -0.2) is 0 Å². The molecule has 0 bridgehead atoms. The van der Waals surface area contributed by atoms with E-state index in [9.17, 15) is 10.2 Å². The molecular formula is C20H16O2S3. The maximum atomic E-state index is 10.9. The Labute approximate surface area is 158 Å². The van der Waals surface area contributed by atoms with Crippen LogP contribution in [0.2, 0.25) is 0 Å². The molecule has 4 aromatic rings. The number of hydrogen-bond donors (Lipinski definition) is 2. The Morgan fingerprint density at radius 2 is 1.28 bits per heavy atom. The maximum absolute atomic E-state index is 10.9. The number of hydrogen-bond acceptors (Lipinski definition) is 5. The largest absolute Gasteiger partial charge is 0.383 e. The van der Waals surface area contributed by atoms with Crippen molar-refractivity contribution in [3.8, 4) is 9.75 Å². The lowest BCUT2D eigenvalue weighted by atomic mass is 9.96. The minimum atomic E-state index is -0.746. The molecule has 0 amide bonds. The van der Waals surface area contributed by atoms with E-state index >= 15 is 0 Å². The van der Waals surface area contributed by atoms with Crippen LogP contribution in [0.1, 0.15) is 33.1 Å². The van der Waals surface area contributed by atoms with Crippen LogP contribution in [0.15, 0.2) is 71.4 Å². The summed E-state index contributed by atoms with van der Waals surface area (Å²) < 4.78 is 0. The molecule has 126 valence electrons. The molecule has 3 aromatic heterocycles. The predicted octanol–water partition coefficient (Wildman–Crippen LogP) is 5.70. The highest BCUT2D eigenvalue weighted by atomic mass is 32.1. The second kappa shape index (κ2) is 7.23. The molecule has 0 fully saturated rings. The molecule has 2 nitrogen and oxygen atoms in total. The van der Waals surface area contributed by atoms with Crippen LogP contribution in [0.5, 0.6) is 0 Å². The third-order valence-electron chi connectivity index (χ3n) is 4.06. The minimum absolute atomic E-state index is 0.720. The van der Waals surface area contributed by atoms with E-state index in [1.807, 2.05) is 60.0 Å². The monoisotopic (exact) mass is 384 g/mol. The van der Waals surface area contributed by atoms with E-state index in [0.717, 1.165) is 25.8 Å². The van der Waals surface area contributed by atoms with E-state index in [4.69, 9.17) is 0 Å². The molecule has 0 aliphatic rings. The second-order valence-corrected chi connectivity index (χ2v) is 8.67. The van der Waals surface area contributed by atoms with E-state index < -0.39 is 12.2 Å². The summed E-state index contributed by atoms with van der Waals surface area (Å²) in [6, 6.07) is 19.5. The van der Waals surface area contributed by atoms with Crippen molar-refractivity contribution in [2.45, 2.75) is 12.2 Å². The van der Waals surface area contributed by atoms with Crippen molar-refractivity contribution in [2.24, 2.45) is 0 Å². The first kappa shape index (κ1) is 16.7. The van der Waals surface area contributed by atoms with Crippen LogP contribution in [0.3, 0.4) is 0 Å². The molecule has 5 heteroatoms. The van der Waals surface area contributed by atoms with Gasteiger partial charge in [-0.3, -0.25) is 0 Å². The Kier molecular flexibility index (Phi) is 4.83. The molecule has 0 saturated carbocycles. The molecule has 25 heavy (non-hydrogen) atoms. The summed E-state index contributed by atoms with van der Waals surface area (Å²) in [5.41, 5.74) is 1.51. The number of rotatable bonds is 5. The van der Waals surface area contributed by atoms with Crippen molar-refractivity contribution < 1.29 is 10.2 Å². The van der Waals surface area contributed by atoms with E-state index in [1.165, 1.54) is 16.2 Å². The predicted molar refractivity (Wildman–Crippen MR) is 107 cm³/mol. The Balaban J connectivity index is 1.68. The van der Waals surface area contributed by atoms with Gasteiger partial charge in [-0.05, 0) is 46.2 Å². The molecule has 0 aliphatic heterocycles. The Bertz CT molecular complexity index is 939. The average Bonchev–Trinajstić information content (AvgIpc) is 3.42. The standard InChI is InChI=1S/C20H16O2S3/c21-19(17-8-4-12-24-17)13-5-1-2-6-14(13)20(22)18-10-9-16(25-18)15-7-3-11-23-15/h1-12,19-22H. The molecule has 0 aliphatic carbocycles. The molecule has 2 N–H and O–H groups in total. The van der Waals surface area contributed by atoms with Gasteiger partial charge in [-0.2, -0.15) is 0 Å². The van der Waals surface area contributed by atoms with Crippen molar-refractivity contribution in [3.63, 3.8) is 0 Å². The lowest BCUT2D eigenvalue weighted by molar-refractivity contribution is 0.200. The Morgan fingerprint density at radius 3 is 1.92 bits per heavy atom. The zero-order valence-corrected chi connectivity index (χ0v) is 15.7. The normalized spacial score (nSPS) is 13.7. The SMILES string of the molecule is OC(c1cccs1)c1ccccc1C(O)c1ccc(-c2cccs2)s1. The molecule has 0 radical (unpaired) electrons. The van der Waals surface area contributed by atoms with E-state index in [-0.39, 0.29) is 0 Å². The van der Waals surface area contributed by atoms with Gasteiger partial charge in [0.2, 0.25) is 0 Å². The van der Waals surface area contributed by atoms with Crippen molar-refractivity contribution in [2.75, 3.05) is 0 Å². The van der Waals surface area contributed by atoms with Crippen LogP contribution < -0.4 is 0 Å². The summed E-state index contributed by atoms with van der Waals surface area (Å²) in [4.78, 5) is 4.12. The van der Waals surface area contributed by atoms with Crippen molar-refractivity contribution in [1.29, 1.82) is 0 Å². The summed E-state index contributed by atoms with van der Waals surface area (Å²) in [5.74, 6) is 0. The third-order valence-corrected chi connectivity index (χ3v) is 7.19. The lowest BCUT2D eigenvalue weighted by Crippen LogP contribution is -2.06. The molecular weight excluding hydrogens is 368 g/mol. The van der Waals surface area contributed by atoms with E-state index in [1.54, 1.807) is 22.7 Å². The van der Waals surface area contributed by atoms with Crippen LogP contribution >= 0.6 is 34.0 Å². The van der Waals surface area contributed by atoms with Gasteiger partial charge in [-0.1, -0.05) is 36.4 Å². The quantitative estimate of drug-likeness (QED) is 0.463. The molecule has 0 saturated heterocycles. The van der Waals surface area contributed by atoms with Crippen LogP contribution in [-0.2, 0) is 0 Å². The van der Waals surface area contributed by atoms with Crippen molar-refractivity contribution >= 4 is 34.0 Å². The molecule has 2 atom stereocenters. The van der Waals surface area contributed by atoms with Crippen molar-refractivity contribution in [1.82, 2.24) is 0 Å². The van der Waals surface area contributed by atoms with Gasteiger partial charge in [0.1, 0.15) is 12.2 Å². The van der Waals surface area contributed by atoms with Gasteiger partial charge in [0, 0.05) is 19.5 Å². The smallest absolute Gasteiger partial charge is 0.114 e. The van der Waals surface area contributed by atoms with E-state index in [0.29, 0.717) is 0 Å². The van der Waals surface area contributed by atoms with E-state index in [2.05, 4.69) is 11.4 Å². The fourth-order valence-corrected chi connectivity index (χ4v) is 5.39. The fraction of sp³-hybridized carbons (Fsp3) is 0.100. The summed E-state index contributed by atoms with van der Waals surface area (Å²) in [7, 11) is 0. The van der Waals surface area contributed by atoms with Gasteiger partial charge in [0.05, 0.1) is 0 Å². The van der Waals surface area contributed by atoms with Crippen LogP contribution in [0.25, 0.3) is 9.75 Å². The molecule has 3 heterocycles. The molecule has 1 aromatic carbocycles. The Morgan fingerprint density at radius 1 is 0.600 bits per heavy atom. The highest BCUT2D eigenvalue weighted by molar-refractivity contribution is 7.21. The zero-order valence-electron chi connectivity index (χ0n) is 13.2.